The third-order valence-corrected chi connectivity index (χ3v) is 7.64. The van der Waals surface area contributed by atoms with E-state index in [0.29, 0.717) is 31.4 Å². The highest BCUT2D eigenvalue weighted by Gasteiger charge is 2.45. The minimum absolute atomic E-state index is 0.0635. The number of urea groups is 1. The summed E-state index contributed by atoms with van der Waals surface area (Å²) in [6, 6.07) is 34.9. The SMILES string of the molecule is N#Cc1cc(CN2C(=O)N(Cc3ccccc3)[C@H](Cc3ccccc3)[C@H](O)[C@H]2CCc2ccccc2)ccc1F. The highest BCUT2D eigenvalue weighted by molar-refractivity contribution is 5.77. The summed E-state index contributed by atoms with van der Waals surface area (Å²) in [5.74, 6) is -0.592. The Labute approximate surface area is 234 Å². The second-order valence-corrected chi connectivity index (χ2v) is 10.3. The van der Waals surface area contributed by atoms with Crippen LogP contribution in [0.5, 0.6) is 0 Å². The van der Waals surface area contributed by atoms with E-state index in [2.05, 4.69) is 0 Å². The molecule has 1 fully saturated rings. The van der Waals surface area contributed by atoms with E-state index in [1.807, 2.05) is 97.1 Å². The fraction of sp³-hybridized carbons (Fsp3) is 0.235. The first kappa shape index (κ1) is 27.1. The molecule has 4 aromatic rings. The molecule has 4 aromatic carbocycles. The molecule has 1 heterocycles. The monoisotopic (exact) mass is 533 g/mol. The van der Waals surface area contributed by atoms with Gasteiger partial charge in [-0.15, -0.1) is 0 Å². The third-order valence-electron chi connectivity index (χ3n) is 7.64. The van der Waals surface area contributed by atoms with Gasteiger partial charge in [0.2, 0.25) is 0 Å². The molecule has 1 saturated heterocycles. The maximum absolute atomic E-state index is 14.3. The molecular weight excluding hydrogens is 501 g/mol. The van der Waals surface area contributed by atoms with Crippen LogP contribution in [0, 0.1) is 17.1 Å². The van der Waals surface area contributed by atoms with E-state index in [1.165, 1.54) is 12.1 Å². The molecule has 0 aliphatic carbocycles. The van der Waals surface area contributed by atoms with Gasteiger partial charge in [-0.05, 0) is 53.6 Å². The minimum atomic E-state index is -0.832. The zero-order valence-electron chi connectivity index (χ0n) is 22.2. The van der Waals surface area contributed by atoms with E-state index in [-0.39, 0.29) is 18.1 Å². The van der Waals surface area contributed by atoms with Crippen molar-refractivity contribution in [3.8, 4) is 6.07 Å². The van der Waals surface area contributed by atoms with Gasteiger partial charge in [-0.2, -0.15) is 5.26 Å². The van der Waals surface area contributed by atoms with Crippen LogP contribution in [0.25, 0.3) is 0 Å². The fourth-order valence-electron chi connectivity index (χ4n) is 5.55. The quantitative estimate of drug-likeness (QED) is 0.282. The Morgan fingerprint density at radius 1 is 0.725 bits per heavy atom. The number of rotatable bonds is 9. The van der Waals surface area contributed by atoms with Crippen molar-refractivity contribution < 1.29 is 14.3 Å². The van der Waals surface area contributed by atoms with Crippen molar-refractivity contribution in [3.63, 3.8) is 0 Å². The molecule has 0 saturated carbocycles. The van der Waals surface area contributed by atoms with Crippen molar-refractivity contribution in [1.82, 2.24) is 9.80 Å². The van der Waals surface area contributed by atoms with Crippen LogP contribution in [0.15, 0.2) is 109 Å². The molecule has 0 unspecified atom stereocenters. The summed E-state index contributed by atoms with van der Waals surface area (Å²) >= 11 is 0. The maximum atomic E-state index is 14.3. The lowest BCUT2D eigenvalue weighted by Crippen LogP contribution is -2.66. The highest BCUT2D eigenvalue weighted by atomic mass is 19.1. The molecule has 0 radical (unpaired) electrons. The van der Waals surface area contributed by atoms with Gasteiger partial charge in [-0.3, -0.25) is 0 Å². The molecule has 0 spiro atoms. The Balaban J connectivity index is 1.51. The number of aliphatic hydroxyl groups excluding tert-OH is 1. The number of nitriles is 1. The summed E-state index contributed by atoms with van der Waals surface area (Å²) in [5.41, 5.74) is 3.72. The minimum Gasteiger partial charge on any atom is -0.389 e. The Kier molecular flexibility index (Phi) is 8.53. The Morgan fingerprint density at radius 3 is 1.90 bits per heavy atom. The number of amides is 2. The van der Waals surface area contributed by atoms with Crippen molar-refractivity contribution in [3.05, 3.63) is 143 Å². The number of carbonyl (C=O) groups excluding carboxylic acids is 1. The van der Waals surface area contributed by atoms with Crippen LogP contribution in [0.1, 0.15) is 34.2 Å². The van der Waals surface area contributed by atoms with Crippen molar-refractivity contribution in [2.24, 2.45) is 0 Å². The van der Waals surface area contributed by atoms with E-state index in [1.54, 1.807) is 15.9 Å². The number of hydrogen-bond donors (Lipinski definition) is 1. The van der Waals surface area contributed by atoms with Crippen molar-refractivity contribution in [1.29, 1.82) is 5.26 Å². The second kappa shape index (κ2) is 12.6. The molecule has 0 aromatic heterocycles. The van der Waals surface area contributed by atoms with Crippen molar-refractivity contribution >= 4 is 6.03 Å². The zero-order valence-corrected chi connectivity index (χ0v) is 22.2. The van der Waals surface area contributed by atoms with Crippen LogP contribution in [-0.2, 0) is 25.9 Å². The van der Waals surface area contributed by atoms with Gasteiger partial charge in [0.05, 0.1) is 23.8 Å². The molecule has 1 N–H and O–H groups in total. The summed E-state index contributed by atoms with van der Waals surface area (Å²) in [6.45, 7) is 0.511. The number of aryl methyl sites for hydroxylation is 1. The van der Waals surface area contributed by atoms with Gasteiger partial charge in [0.1, 0.15) is 11.9 Å². The summed E-state index contributed by atoms with van der Waals surface area (Å²) in [7, 11) is 0. The Morgan fingerprint density at radius 2 is 1.27 bits per heavy atom. The molecule has 1 aliphatic rings. The van der Waals surface area contributed by atoms with Gasteiger partial charge in [0.25, 0.3) is 0 Å². The van der Waals surface area contributed by atoms with Crippen molar-refractivity contribution in [2.45, 2.75) is 50.5 Å². The van der Waals surface area contributed by atoms with Gasteiger partial charge in [0.15, 0.2) is 0 Å². The molecule has 6 heteroatoms. The molecular formula is C34H32FN3O2. The molecule has 202 valence electrons. The number of aliphatic hydroxyl groups is 1. The smallest absolute Gasteiger partial charge is 0.321 e. The maximum Gasteiger partial charge on any atom is 0.321 e. The van der Waals surface area contributed by atoms with Gasteiger partial charge < -0.3 is 14.9 Å². The summed E-state index contributed by atoms with van der Waals surface area (Å²) < 4.78 is 14.1. The Bertz CT molecular complexity index is 1460. The number of hydrogen-bond acceptors (Lipinski definition) is 3. The van der Waals surface area contributed by atoms with Crippen LogP contribution in [-0.4, -0.2) is 39.1 Å². The number of nitrogens with zero attached hydrogens (tertiary/aromatic N) is 3. The van der Waals surface area contributed by atoms with E-state index in [4.69, 9.17) is 0 Å². The van der Waals surface area contributed by atoms with Crippen molar-refractivity contribution in [2.75, 3.05) is 0 Å². The van der Waals surface area contributed by atoms with E-state index >= 15 is 0 Å². The van der Waals surface area contributed by atoms with E-state index in [9.17, 15) is 19.6 Å². The largest absolute Gasteiger partial charge is 0.389 e. The van der Waals surface area contributed by atoms with Crippen LogP contribution in [0.4, 0.5) is 9.18 Å². The predicted octanol–water partition coefficient (Wildman–Crippen LogP) is 6.11. The van der Waals surface area contributed by atoms with Crippen LogP contribution in [0.2, 0.25) is 0 Å². The summed E-state index contributed by atoms with van der Waals surface area (Å²) in [6.07, 6.45) is 0.941. The lowest BCUT2D eigenvalue weighted by atomic mass is 9.88. The molecule has 40 heavy (non-hydrogen) atoms. The zero-order chi connectivity index (χ0) is 27.9. The van der Waals surface area contributed by atoms with Gasteiger partial charge in [-0.25, -0.2) is 9.18 Å². The Hall–Kier alpha value is -4.47. The number of halogens is 1. The van der Waals surface area contributed by atoms with E-state index < -0.39 is 24.0 Å². The molecule has 1 aliphatic heterocycles. The predicted molar refractivity (Wildman–Crippen MR) is 153 cm³/mol. The standard InChI is InChI=1S/C34H32FN3O2/c35-30-18-16-28(20-29(30)22-36)24-37-31(19-17-25-10-4-1-5-11-25)33(39)32(21-26-12-6-2-7-13-26)38(34(37)40)23-27-14-8-3-9-15-27/h1-16,18,20,31-33,39H,17,19,21,23-24H2/t31-,32-,33-/m1/s1. The molecule has 5 nitrogen and oxygen atoms in total. The lowest BCUT2D eigenvalue weighted by Gasteiger charge is -2.49. The van der Waals surface area contributed by atoms with Crippen LogP contribution < -0.4 is 0 Å². The average Bonchev–Trinajstić information content (AvgIpc) is 2.99. The topological polar surface area (TPSA) is 67.6 Å². The first-order valence-corrected chi connectivity index (χ1v) is 13.6. The van der Waals surface area contributed by atoms with E-state index in [0.717, 1.165) is 16.7 Å². The van der Waals surface area contributed by atoms with Gasteiger partial charge in [-0.1, -0.05) is 97.1 Å². The van der Waals surface area contributed by atoms with Gasteiger partial charge in [0, 0.05) is 13.1 Å². The fourth-order valence-corrected chi connectivity index (χ4v) is 5.55. The second-order valence-electron chi connectivity index (χ2n) is 10.3. The highest BCUT2D eigenvalue weighted by Crippen LogP contribution is 2.31. The van der Waals surface area contributed by atoms with Gasteiger partial charge >= 0.3 is 6.03 Å². The molecule has 0 bridgehead atoms. The molecule has 2 amide bonds. The van der Waals surface area contributed by atoms with Crippen LogP contribution in [0.3, 0.4) is 0 Å². The summed E-state index contributed by atoms with van der Waals surface area (Å²) in [5, 5.41) is 21.3. The first-order valence-electron chi connectivity index (χ1n) is 13.6. The lowest BCUT2D eigenvalue weighted by molar-refractivity contribution is -0.0453. The number of benzene rings is 4. The molecule has 3 atom stereocenters. The normalized spacial score (nSPS) is 18.9. The molecule has 5 rings (SSSR count). The summed E-state index contributed by atoms with van der Waals surface area (Å²) in [4.78, 5) is 17.8. The third kappa shape index (κ3) is 6.22. The average molecular weight is 534 g/mol. The van der Waals surface area contributed by atoms with Crippen LogP contribution >= 0.6 is 0 Å². The first-order chi connectivity index (χ1) is 19.5. The number of carbonyl (C=O) groups is 1.